The first-order valence-corrected chi connectivity index (χ1v) is 7.98. The van der Waals surface area contributed by atoms with Crippen LogP contribution in [0, 0.1) is 13.8 Å². The lowest BCUT2D eigenvalue weighted by molar-refractivity contribution is 0.0992. The number of ether oxygens (including phenoxy) is 1. The largest absolute Gasteiger partial charge is 0.481 e. The molecule has 0 aliphatic carbocycles. The Balaban J connectivity index is 1.86. The van der Waals surface area contributed by atoms with Crippen molar-refractivity contribution >= 4 is 11.6 Å². The summed E-state index contributed by atoms with van der Waals surface area (Å²) in [5, 5.41) is 0. The number of carbonyl (C=O) groups excluding carboxylic acids is 1. The second kappa shape index (κ2) is 6.84. The van der Waals surface area contributed by atoms with E-state index in [9.17, 15) is 4.79 Å². The Bertz CT molecular complexity index is 864. The van der Waals surface area contributed by atoms with Crippen molar-refractivity contribution in [2.45, 2.75) is 20.4 Å². The Labute approximate surface area is 146 Å². The van der Waals surface area contributed by atoms with E-state index in [1.54, 1.807) is 37.6 Å². The average Bonchev–Trinajstić information content (AvgIpc) is 3.24. The van der Waals surface area contributed by atoms with Crippen molar-refractivity contribution in [1.82, 2.24) is 9.55 Å². The first kappa shape index (κ1) is 16.8. The van der Waals surface area contributed by atoms with Gasteiger partial charge in [0, 0.05) is 24.5 Å². The Kier molecular flexibility index (Phi) is 4.61. The van der Waals surface area contributed by atoms with Crippen LogP contribution in [0.5, 0.6) is 5.88 Å². The number of carbonyl (C=O) groups is 1. The molecule has 6 nitrogen and oxygen atoms in total. The number of rotatable bonds is 5. The molecule has 0 aliphatic heterocycles. The van der Waals surface area contributed by atoms with Gasteiger partial charge < -0.3 is 18.6 Å². The first-order chi connectivity index (χ1) is 12.0. The maximum Gasteiger partial charge on any atom is 0.259 e. The van der Waals surface area contributed by atoms with Gasteiger partial charge in [-0.25, -0.2) is 4.98 Å². The van der Waals surface area contributed by atoms with Crippen LogP contribution < -0.4 is 9.64 Å². The fraction of sp³-hybridized carbons (Fsp3) is 0.263. The Morgan fingerprint density at radius 1 is 1.32 bits per heavy atom. The number of aryl methyl sites for hydroxylation is 1. The zero-order chi connectivity index (χ0) is 18.0. The number of aromatic nitrogens is 2. The summed E-state index contributed by atoms with van der Waals surface area (Å²) in [5.74, 6) is 1.29. The number of methoxy groups -OCH3 is 1. The maximum atomic E-state index is 12.9. The van der Waals surface area contributed by atoms with E-state index in [0.717, 1.165) is 17.1 Å². The molecular weight excluding hydrogens is 318 g/mol. The molecule has 1 amide bonds. The van der Waals surface area contributed by atoms with Crippen molar-refractivity contribution in [2.24, 2.45) is 0 Å². The fourth-order valence-electron chi connectivity index (χ4n) is 2.81. The predicted molar refractivity (Wildman–Crippen MR) is 95.2 cm³/mol. The van der Waals surface area contributed by atoms with Gasteiger partial charge in [0.2, 0.25) is 5.88 Å². The molecule has 3 heterocycles. The van der Waals surface area contributed by atoms with Gasteiger partial charge in [0.05, 0.1) is 37.4 Å². The second-order valence-electron chi connectivity index (χ2n) is 5.87. The van der Waals surface area contributed by atoms with Crippen molar-refractivity contribution in [1.29, 1.82) is 0 Å². The smallest absolute Gasteiger partial charge is 0.259 e. The molecule has 3 rings (SSSR count). The highest BCUT2D eigenvalue weighted by atomic mass is 16.5. The van der Waals surface area contributed by atoms with Crippen molar-refractivity contribution in [2.75, 3.05) is 19.1 Å². The third-order valence-corrected chi connectivity index (χ3v) is 4.32. The summed E-state index contributed by atoms with van der Waals surface area (Å²) < 4.78 is 12.6. The van der Waals surface area contributed by atoms with Crippen molar-refractivity contribution in [3.05, 3.63) is 65.5 Å². The number of hydrogen-bond donors (Lipinski definition) is 0. The van der Waals surface area contributed by atoms with Crippen LogP contribution in [0.3, 0.4) is 0 Å². The van der Waals surface area contributed by atoms with Crippen LogP contribution in [-0.4, -0.2) is 29.6 Å². The number of amides is 1. The number of nitrogens with zero attached hydrogens (tertiary/aromatic N) is 3. The highest BCUT2D eigenvalue weighted by molar-refractivity contribution is 6.06. The molecule has 0 unspecified atom stereocenters. The van der Waals surface area contributed by atoms with Gasteiger partial charge in [-0.15, -0.1) is 0 Å². The SMILES string of the molecule is COc1ccc(N(C)C(=O)c2cc(C)n(Cc3ccco3)c2C)cn1. The van der Waals surface area contributed by atoms with Gasteiger partial charge in [0.15, 0.2) is 0 Å². The number of hydrogen-bond acceptors (Lipinski definition) is 4. The minimum absolute atomic E-state index is 0.0780. The molecule has 130 valence electrons. The molecule has 0 saturated carbocycles. The quantitative estimate of drug-likeness (QED) is 0.714. The molecular formula is C19H21N3O3. The van der Waals surface area contributed by atoms with Gasteiger partial charge in [-0.2, -0.15) is 0 Å². The third kappa shape index (κ3) is 3.28. The molecule has 0 bridgehead atoms. The molecule has 0 saturated heterocycles. The highest BCUT2D eigenvalue weighted by Gasteiger charge is 2.20. The van der Waals surface area contributed by atoms with E-state index >= 15 is 0 Å². The Hall–Kier alpha value is -3.02. The summed E-state index contributed by atoms with van der Waals surface area (Å²) in [4.78, 5) is 18.7. The Morgan fingerprint density at radius 3 is 2.72 bits per heavy atom. The van der Waals surface area contributed by atoms with Crippen molar-refractivity contribution < 1.29 is 13.9 Å². The molecule has 0 fully saturated rings. The zero-order valence-corrected chi connectivity index (χ0v) is 14.8. The molecule has 0 spiro atoms. The summed E-state index contributed by atoms with van der Waals surface area (Å²) in [7, 11) is 3.30. The summed E-state index contributed by atoms with van der Waals surface area (Å²) in [6.07, 6.45) is 3.28. The topological polar surface area (TPSA) is 60.5 Å². The number of pyridine rings is 1. The zero-order valence-electron chi connectivity index (χ0n) is 14.8. The lowest BCUT2D eigenvalue weighted by atomic mass is 10.2. The summed E-state index contributed by atoms with van der Waals surface area (Å²) >= 11 is 0. The van der Waals surface area contributed by atoms with E-state index < -0.39 is 0 Å². The van der Waals surface area contributed by atoms with Crippen LogP contribution in [0.2, 0.25) is 0 Å². The van der Waals surface area contributed by atoms with Gasteiger partial charge in [-0.05, 0) is 38.1 Å². The van der Waals surface area contributed by atoms with Crippen LogP contribution in [-0.2, 0) is 6.54 Å². The Morgan fingerprint density at radius 2 is 2.12 bits per heavy atom. The molecule has 0 aromatic carbocycles. The van der Waals surface area contributed by atoms with Crippen molar-refractivity contribution in [3.8, 4) is 5.88 Å². The lowest BCUT2D eigenvalue weighted by Gasteiger charge is -2.17. The summed E-state index contributed by atoms with van der Waals surface area (Å²) in [5.41, 5.74) is 3.30. The monoisotopic (exact) mass is 339 g/mol. The molecule has 25 heavy (non-hydrogen) atoms. The second-order valence-corrected chi connectivity index (χ2v) is 5.87. The van der Waals surface area contributed by atoms with Gasteiger partial charge in [0.1, 0.15) is 5.76 Å². The van der Waals surface area contributed by atoms with Gasteiger partial charge in [-0.3, -0.25) is 4.79 Å². The van der Waals surface area contributed by atoms with E-state index in [-0.39, 0.29) is 5.91 Å². The molecule has 0 radical (unpaired) electrons. The maximum absolute atomic E-state index is 12.9. The molecule has 3 aromatic rings. The third-order valence-electron chi connectivity index (χ3n) is 4.32. The van der Waals surface area contributed by atoms with Crippen LogP contribution in [0.1, 0.15) is 27.5 Å². The standard InChI is InChI=1S/C19H21N3O3/c1-13-10-17(14(2)22(13)12-16-6-5-9-25-16)19(23)21(3)15-7-8-18(24-4)20-11-15/h5-11H,12H2,1-4H3. The van der Waals surface area contributed by atoms with E-state index in [0.29, 0.717) is 23.7 Å². The normalized spacial score (nSPS) is 10.7. The van der Waals surface area contributed by atoms with Gasteiger partial charge >= 0.3 is 0 Å². The van der Waals surface area contributed by atoms with E-state index in [1.165, 1.54) is 0 Å². The van der Waals surface area contributed by atoms with E-state index in [2.05, 4.69) is 9.55 Å². The van der Waals surface area contributed by atoms with Crippen LogP contribution in [0.15, 0.2) is 47.2 Å². The molecule has 0 aliphatic rings. The van der Waals surface area contributed by atoms with Crippen LogP contribution in [0.25, 0.3) is 0 Å². The van der Waals surface area contributed by atoms with Gasteiger partial charge in [0.25, 0.3) is 5.91 Å². The predicted octanol–water partition coefficient (Wildman–Crippen LogP) is 3.43. The average molecular weight is 339 g/mol. The lowest BCUT2D eigenvalue weighted by Crippen LogP contribution is -2.26. The fourth-order valence-corrected chi connectivity index (χ4v) is 2.81. The minimum Gasteiger partial charge on any atom is -0.481 e. The molecule has 6 heteroatoms. The first-order valence-electron chi connectivity index (χ1n) is 7.98. The molecule has 0 atom stereocenters. The molecule has 3 aromatic heterocycles. The highest BCUT2D eigenvalue weighted by Crippen LogP contribution is 2.22. The molecule has 0 N–H and O–H groups in total. The number of anilines is 1. The minimum atomic E-state index is -0.0780. The van der Waals surface area contributed by atoms with Crippen molar-refractivity contribution in [3.63, 3.8) is 0 Å². The van der Waals surface area contributed by atoms with Crippen LogP contribution >= 0.6 is 0 Å². The van der Waals surface area contributed by atoms with E-state index in [1.807, 2.05) is 38.1 Å². The summed E-state index contributed by atoms with van der Waals surface area (Å²) in [6, 6.07) is 9.24. The number of furan rings is 1. The van der Waals surface area contributed by atoms with Crippen LogP contribution in [0.4, 0.5) is 5.69 Å². The summed E-state index contributed by atoms with van der Waals surface area (Å²) in [6.45, 7) is 4.54. The van der Waals surface area contributed by atoms with Gasteiger partial charge in [-0.1, -0.05) is 0 Å². The van der Waals surface area contributed by atoms with E-state index in [4.69, 9.17) is 9.15 Å².